The highest BCUT2D eigenvalue weighted by atomic mass is 127. The molecular weight excluding hydrogens is 373 g/mol. The standard InChI is InChI=1S/C12H23N5S.HI/c1-5-17(4)7-6-14-12(13-3)16-9-11-15-8-10(2)18-11;/h8H,5-7,9H2,1-4H3,(H2,13,14,16);1H. The van der Waals surface area contributed by atoms with Crippen LogP contribution in [0, 0.1) is 6.92 Å². The van der Waals surface area contributed by atoms with Gasteiger partial charge in [-0.1, -0.05) is 6.92 Å². The van der Waals surface area contributed by atoms with Crippen LogP contribution in [0.5, 0.6) is 0 Å². The first-order chi connectivity index (χ1) is 8.65. The lowest BCUT2D eigenvalue weighted by molar-refractivity contribution is 0.357. The largest absolute Gasteiger partial charge is 0.355 e. The Morgan fingerprint density at radius 1 is 1.47 bits per heavy atom. The van der Waals surface area contributed by atoms with Crippen LogP contribution in [0.25, 0.3) is 0 Å². The van der Waals surface area contributed by atoms with E-state index in [-0.39, 0.29) is 24.0 Å². The number of rotatable bonds is 6. The summed E-state index contributed by atoms with van der Waals surface area (Å²) in [7, 11) is 3.89. The zero-order valence-electron chi connectivity index (χ0n) is 12.1. The van der Waals surface area contributed by atoms with Crippen LogP contribution < -0.4 is 10.6 Å². The van der Waals surface area contributed by atoms with E-state index in [2.05, 4.69) is 46.4 Å². The highest BCUT2D eigenvalue weighted by molar-refractivity contribution is 14.0. The topological polar surface area (TPSA) is 52.5 Å². The fourth-order valence-electron chi connectivity index (χ4n) is 1.39. The number of hydrogen-bond acceptors (Lipinski definition) is 4. The molecule has 0 bridgehead atoms. The van der Waals surface area contributed by atoms with Gasteiger partial charge in [-0.3, -0.25) is 4.99 Å². The molecule has 1 aromatic heterocycles. The fraction of sp³-hybridized carbons (Fsp3) is 0.667. The van der Waals surface area contributed by atoms with Gasteiger partial charge in [0.15, 0.2) is 5.96 Å². The summed E-state index contributed by atoms with van der Waals surface area (Å²) >= 11 is 1.71. The number of nitrogens with zero attached hydrogens (tertiary/aromatic N) is 3. The van der Waals surface area contributed by atoms with E-state index in [4.69, 9.17) is 0 Å². The number of likely N-dealkylation sites (N-methyl/N-ethyl adjacent to an activating group) is 1. The van der Waals surface area contributed by atoms with Gasteiger partial charge in [0.25, 0.3) is 0 Å². The molecule has 0 aliphatic heterocycles. The van der Waals surface area contributed by atoms with Gasteiger partial charge in [-0.2, -0.15) is 0 Å². The van der Waals surface area contributed by atoms with E-state index in [1.54, 1.807) is 18.4 Å². The zero-order valence-corrected chi connectivity index (χ0v) is 15.2. The molecule has 0 unspecified atom stereocenters. The summed E-state index contributed by atoms with van der Waals surface area (Å²) in [6, 6.07) is 0. The Kier molecular flexibility index (Phi) is 10.2. The Balaban J connectivity index is 0.00000324. The van der Waals surface area contributed by atoms with Gasteiger partial charge in [0, 0.05) is 31.2 Å². The van der Waals surface area contributed by atoms with Gasteiger partial charge in [-0.25, -0.2) is 4.98 Å². The van der Waals surface area contributed by atoms with Crippen molar-refractivity contribution in [1.82, 2.24) is 20.5 Å². The molecule has 0 radical (unpaired) electrons. The van der Waals surface area contributed by atoms with Crippen molar-refractivity contribution in [1.29, 1.82) is 0 Å². The predicted molar refractivity (Wildman–Crippen MR) is 93.6 cm³/mol. The maximum atomic E-state index is 4.31. The third kappa shape index (κ3) is 7.68. The second-order valence-corrected chi connectivity index (χ2v) is 5.43. The first-order valence-corrected chi connectivity index (χ1v) is 7.01. The molecule has 0 saturated heterocycles. The van der Waals surface area contributed by atoms with Crippen LogP contribution in [0.2, 0.25) is 0 Å². The number of halogens is 1. The van der Waals surface area contributed by atoms with Crippen molar-refractivity contribution in [3.05, 3.63) is 16.1 Å². The summed E-state index contributed by atoms with van der Waals surface area (Å²) in [5.74, 6) is 0.826. The van der Waals surface area contributed by atoms with Crippen LogP contribution in [0.3, 0.4) is 0 Å². The SMILES string of the molecule is CCN(C)CCNC(=NC)NCc1ncc(C)s1.I. The molecule has 5 nitrogen and oxygen atoms in total. The van der Waals surface area contributed by atoms with E-state index in [0.29, 0.717) is 0 Å². The minimum Gasteiger partial charge on any atom is -0.355 e. The molecular formula is C12H24IN5S. The van der Waals surface area contributed by atoms with E-state index in [1.807, 2.05) is 6.20 Å². The van der Waals surface area contributed by atoms with Gasteiger partial charge in [-0.15, -0.1) is 35.3 Å². The van der Waals surface area contributed by atoms with Gasteiger partial charge < -0.3 is 15.5 Å². The number of aliphatic imine (C=N–C) groups is 1. The normalized spacial score (nSPS) is 11.3. The summed E-state index contributed by atoms with van der Waals surface area (Å²) in [4.78, 5) is 12.0. The summed E-state index contributed by atoms with van der Waals surface area (Å²) in [6.07, 6.45) is 1.90. The molecule has 0 saturated carbocycles. The van der Waals surface area contributed by atoms with E-state index >= 15 is 0 Å². The van der Waals surface area contributed by atoms with E-state index in [1.165, 1.54) is 4.88 Å². The average Bonchev–Trinajstić information content (AvgIpc) is 2.79. The van der Waals surface area contributed by atoms with Crippen LogP contribution in [-0.4, -0.2) is 49.6 Å². The molecule has 0 amide bonds. The second-order valence-electron chi connectivity index (χ2n) is 4.11. The van der Waals surface area contributed by atoms with Gasteiger partial charge in [0.1, 0.15) is 5.01 Å². The van der Waals surface area contributed by atoms with Gasteiger partial charge in [-0.05, 0) is 20.5 Å². The summed E-state index contributed by atoms with van der Waals surface area (Å²) in [6.45, 7) is 7.90. The van der Waals surface area contributed by atoms with Gasteiger partial charge in [0.2, 0.25) is 0 Å². The van der Waals surface area contributed by atoms with E-state index < -0.39 is 0 Å². The highest BCUT2D eigenvalue weighted by Crippen LogP contribution is 2.10. The second kappa shape index (κ2) is 10.4. The average molecular weight is 397 g/mol. The first kappa shape index (κ1) is 18.6. The maximum absolute atomic E-state index is 4.31. The molecule has 0 aromatic carbocycles. The molecule has 0 fully saturated rings. The Morgan fingerprint density at radius 3 is 2.74 bits per heavy atom. The van der Waals surface area contributed by atoms with Crippen LogP contribution in [0.4, 0.5) is 0 Å². The molecule has 110 valence electrons. The van der Waals surface area contributed by atoms with Crippen LogP contribution in [0.1, 0.15) is 16.8 Å². The van der Waals surface area contributed by atoms with Crippen molar-refractivity contribution >= 4 is 41.3 Å². The van der Waals surface area contributed by atoms with Crippen LogP contribution >= 0.6 is 35.3 Å². The van der Waals surface area contributed by atoms with E-state index in [0.717, 1.165) is 37.1 Å². The van der Waals surface area contributed by atoms with Crippen molar-refractivity contribution in [2.24, 2.45) is 4.99 Å². The molecule has 1 rings (SSSR count). The van der Waals surface area contributed by atoms with Crippen molar-refractivity contribution in [3.8, 4) is 0 Å². The molecule has 7 heteroatoms. The number of nitrogens with one attached hydrogen (secondary N) is 2. The van der Waals surface area contributed by atoms with Crippen LogP contribution in [0.15, 0.2) is 11.2 Å². The molecule has 1 aromatic rings. The van der Waals surface area contributed by atoms with Gasteiger partial charge in [0.05, 0.1) is 6.54 Å². The molecule has 0 atom stereocenters. The number of aryl methyl sites for hydroxylation is 1. The maximum Gasteiger partial charge on any atom is 0.191 e. The first-order valence-electron chi connectivity index (χ1n) is 6.20. The molecule has 1 heterocycles. The molecule has 0 aliphatic rings. The van der Waals surface area contributed by atoms with Crippen LogP contribution in [-0.2, 0) is 6.54 Å². The Labute approximate surface area is 136 Å². The minimum atomic E-state index is 0. The van der Waals surface area contributed by atoms with Crippen molar-refractivity contribution in [3.63, 3.8) is 0 Å². The quantitative estimate of drug-likeness (QED) is 0.436. The Morgan fingerprint density at radius 2 is 2.21 bits per heavy atom. The molecule has 0 aliphatic carbocycles. The van der Waals surface area contributed by atoms with Gasteiger partial charge >= 0.3 is 0 Å². The third-order valence-electron chi connectivity index (χ3n) is 2.63. The lowest BCUT2D eigenvalue weighted by atomic mass is 10.5. The van der Waals surface area contributed by atoms with E-state index in [9.17, 15) is 0 Å². The fourth-order valence-corrected chi connectivity index (χ4v) is 2.11. The predicted octanol–water partition coefficient (Wildman–Crippen LogP) is 1.69. The molecule has 19 heavy (non-hydrogen) atoms. The van der Waals surface area contributed by atoms with Crippen molar-refractivity contribution in [2.75, 3.05) is 33.7 Å². The number of hydrogen-bond donors (Lipinski definition) is 2. The highest BCUT2D eigenvalue weighted by Gasteiger charge is 2.01. The zero-order chi connectivity index (χ0) is 13.4. The molecule has 0 spiro atoms. The number of thiazole rings is 1. The van der Waals surface area contributed by atoms with Crippen molar-refractivity contribution < 1.29 is 0 Å². The summed E-state index contributed by atoms with van der Waals surface area (Å²) in [5, 5.41) is 7.63. The Bertz CT molecular complexity index is 380. The van der Waals surface area contributed by atoms with Crippen molar-refractivity contribution in [2.45, 2.75) is 20.4 Å². The lowest BCUT2D eigenvalue weighted by Gasteiger charge is -2.16. The smallest absolute Gasteiger partial charge is 0.191 e. The monoisotopic (exact) mass is 397 g/mol. The lowest BCUT2D eigenvalue weighted by Crippen LogP contribution is -2.40. The summed E-state index contributed by atoms with van der Waals surface area (Å²) < 4.78 is 0. The minimum absolute atomic E-state index is 0. The molecule has 2 N–H and O–H groups in total. The summed E-state index contributed by atoms with van der Waals surface area (Å²) in [5.41, 5.74) is 0. The number of aromatic nitrogens is 1. The Hall–Kier alpha value is -0.410. The third-order valence-corrected chi connectivity index (χ3v) is 3.54. The number of guanidine groups is 1.